The van der Waals surface area contributed by atoms with Crippen molar-refractivity contribution in [2.45, 2.75) is 111 Å². The van der Waals surface area contributed by atoms with Crippen molar-refractivity contribution in [3.63, 3.8) is 0 Å². The third-order valence-electron chi connectivity index (χ3n) is 7.61. The van der Waals surface area contributed by atoms with Crippen LogP contribution in [0.25, 0.3) is 0 Å². The summed E-state index contributed by atoms with van der Waals surface area (Å²) >= 11 is 13.2. The molecule has 1 nitrogen and oxygen atoms in total. The standard InChI is InChI=1S/C20H30Cl2F2O/c21-15-7-1-5-13(15)19(11-3-9-17(19)23)25-20(12-4-10-18(20)24)14-6-2-8-16(14)22/h13-18H,1-12H2. The monoisotopic (exact) mass is 394 g/mol. The van der Waals surface area contributed by atoms with Crippen molar-refractivity contribution in [3.8, 4) is 0 Å². The fraction of sp³-hybridized carbons (Fsp3) is 1.00. The molecule has 0 saturated heterocycles. The topological polar surface area (TPSA) is 9.23 Å². The smallest absolute Gasteiger partial charge is 0.129 e. The van der Waals surface area contributed by atoms with Gasteiger partial charge in [-0.15, -0.1) is 23.2 Å². The second kappa shape index (κ2) is 7.09. The van der Waals surface area contributed by atoms with Crippen LogP contribution in [0.5, 0.6) is 0 Å². The van der Waals surface area contributed by atoms with Crippen LogP contribution in [0.2, 0.25) is 0 Å². The van der Waals surface area contributed by atoms with Crippen molar-refractivity contribution in [3.05, 3.63) is 0 Å². The first-order valence-electron chi connectivity index (χ1n) is 10.3. The lowest BCUT2D eigenvalue weighted by molar-refractivity contribution is -0.235. The van der Waals surface area contributed by atoms with Gasteiger partial charge in [0.25, 0.3) is 0 Å². The molecule has 0 aromatic heterocycles. The summed E-state index contributed by atoms with van der Waals surface area (Å²) < 4.78 is 37.3. The Bertz CT molecular complexity index is 450. The van der Waals surface area contributed by atoms with E-state index in [1.54, 1.807) is 0 Å². The van der Waals surface area contributed by atoms with E-state index in [-0.39, 0.29) is 22.6 Å². The van der Waals surface area contributed by atoms with Crippen LogP contribution >= 0.6 is 23.2 Å². The molecule has 0 aromatic rings. The zero-order valence-electron chi connectivity index (χ0n) is 14.9. The van der Waals surface area contributed by atoms with E-state index in [4.69, 9.17) is 27.9 Å². The fourth-order valence-electron chi connectivity index (χ4n) is 6.42. The number of hydrogen-bond acceptors (Lipinski definition) is 1. The summed E-state index contributed by atoms with van der Waals surface area (Å²) in [6.07, 6.45) is 7.61. The maximum atomic E-state index is 15.3. The van der Waals surface area contributed by atoms with Gasteiger partial charge in [-0.3, -0.25) is 0 Å². The Morgan fingerprint density at radius 1 is 0.640 bits per heavy atom. The van der Waals surface area contributed by atoms with Gasteiger partial charge in [0.15, 0.2) is 0 Å². The van der Waals surface area contributed by atoms with Crippen LogP contribution in [0.1, 0.15) is 77.0 Å². The zero-order chi connectivity index (χ0) is 17.7. The lowest BCUT2D eigenvalue weighted by Gasteiger charge is -2.49. The minimum absolute atomic E-state index is 0.00604. The quantitative estimate of drug-likeness (QED) is 0.505. The van der Waals surface area contributed by atoms with Gasteiger partial charge in [-0.1, -0.05) is 12.8 Å². The summed E-state index contributed by atoms with van der Waals surface area (Å²) in [5.41, 5.74) is -1.78. The van der Waals surface area contributed by atoms with E-state index in [1.165, 1.54) is 0 Å². The molecule has 8 atom stereocenters. The molecule has 4 saturated carbocycles. The van der Waals surface area contributed by atoms with Gasteiger partial charge in [0, 0.05) is 22.6 Å². The normalized spacial score (nSPS) is 53.8. The molecule has 144 valence electrons. The molecule has 0 aromatic carbocycles. The predicted octanol–water partition coefficient (Wildman–Crippen LogP) is 6.34. The Labute approximate surface area is 160 Å². The van der Waals surface area contributed by atoms with Crippen LogP contribution < -0.4 is 0 Å². The number of rotatable bonds is 4. The summed E-state index contributed by atoms with van der Waals surface area (Å²) in [6.45, 7) is 0. The minimum atomic E-state index is -1.03. The van der Waals surface area contributed by atoms with Crippen molar-refractivity contribution in [1.82, 2.24) is 0 Å². The maximum Gasteiger partial charge on any atom is 0.129 e. The second-order valence-electron chi connectivity index (χ2n) is 8.84. The molecule has 8 unspecified atom stereocenters. The first kappa shape index (κ1) is 18.7. The van der Waals surface area contributed by atoms with Crippen LogP contribution in [0, 0.1) is 11.8 Å². The SMILES string of the molecule is FC1CCCC1(OC1(C2CCCC2Cl)CCCC1F)C1CCCC1Cl. The van der Waals surface area contributed by atoms with Crippen LogP contribution in [0.15, 0.2) is 0 Å². The van der Waals surface area contributed by atoms with Gasteiger partial charge in [0.05, 0.1) is 0 Å². The molecule has 4 aliphatic rings. The predicted molar refractivity (Wildman–Crippen MR) is 98.0 cm³/mol. The average molecular weight is 395 g/mol. The highest BCUT2D eigenvalue weighted by Gasteiger charge is 2.62. The molecule has 0 heterocycles. The lowest BCUT2D eigenvalue weighted by atomic mass is 9.78. The van der Waals surface area contributed by atoms with Crippen LogP contribution in [0.4, 0.5) is 8.78 Å². The van der Waals surface area contributed by atoms with E-state index in [0.717, 1.165) is 51.4 Å². The summed E-state index contributed by atoms with van der Waals surface area (Å²) in [7, 11) is 0. The summed E-state index contributed by atoms with van der Waals surface area (Å²) in [5, 5.41) is -0.105. The molecule has 25 heavy (non-hydrogen) atoms. The van der Waals surface area contributed by atoms with Crippen molar-refractivity contribution >= 4 is 23.2 Å². The summed E-state index contributed by atoms with van der Waals surface area (Å²) in [6, 6.07) is 0. The van der Waals surface area contributed by atoms with Gasteiger partial charge in [-0.05, 0) is 64.2 Å². The van der Waals surface area contributed by atoms with Gasteiger partial charge in [0.1, 0.15) is 23.5 Å². The fourth-order valence-corrected chi connectivity index (χ4v) is 7.41. The molecule has 0 bridgehead atoms. The van der Waals surface area contributed by atoms with Gasteiger partial charge in [-0.25, -0.2) is 8.78 Å². The molecule has 5 heteroatoms. The largest absolute Gasteiger partial charge is 0.362 e. The number of ether oxygens (including phenoxy) is 1. The zero-order valence-corrected chi connectivity index (χ0v) is 16.4. The average Bonchev–Trinajstić information content (AvgIpc) is 3.33. The maximum absolute atomic E-state index is 15.3. The van der Waals surface area contributed by atoms with E-state index in [0.29, 0.717) is 25.7 Å². The van der Waals surface area contributed by atoms with E-state index in [9.17, 15) is 0 Å². The third kappa shape index (κ3) is 2.95. The van der Waals surface area contributed by atoms with Gasteiger partial charge in [0.2, 0.25) is 0 Å². The Balaban J connectivity index is 1.69. The number of halogens is 4. The minimum Gasteiger partial charge on any atom is -0.362 e. The van der Waals surface area contributed by atoms with Crippen LogP contribution in [0.3, 0.4) is 0 Å². The highest BCUT2D eigenvalue weighted by molar-refractivity contribution is 6.21. The van der Waals surface area contributed by atoms with Gasteiger partial charge in [-0.2, -0.15) is 0 Å². The Kier molecular flexibility index (Phi) is 5.32. The molecule has 0 N–H and O–H groups in total. The molecule has 0 amide bonds. The van der Waals surface area contributed by atoms with Crippen molar-refractivity contribution < 1.29 is 13.5 Å². The lowest BCUT2D eigenvalue weighted by Crippen LogP contribution is -2.59. The summed E-state index contributed by atoms with van der Waals surface area (Å²) in [5.74, 6) is 0.0121. The van der Waals surface area contributed by atoms with Gasteiger partial charge < -0.3 is 4.74 Å². The molecule has 4 aliphatic carbocycles. The molecule has 4 fully saturated rings. The molecule has 0 spiro atoms. The van der Waals surface area contributed by atoms with E-state index < -0.39 is 23.5 Å². The van der Waals surface area contributed by atoms with Gasteiger partial charge >= 0.3 is 0 Å². The van der Waals surface area contributed by atoms with Crippen molar-refractivity contribution in [2.75, 3.05) is 0 Å². The first-order chi connectivity index (χ1) is 12.0. The number of hydrogen-bond donors (Lipinski definition) is 0. The Morgan fingerprint density at radius 3 is 1.36 bits per heavy atom. The van der Waals surface area contributed by atoms with E-state index >= 15 is 8.78 Å². The second-order valence-corrected chi connectivity index (χ2v) is 9.96. The molecular formula is C20H30Cl2F2O. The van der Waals surface area contributed by atoms with Crippen molar-refractivity contribution in [1.29, 1.82) is 0 Å². The van der Waals surface area contributed by atoms with E-state index in [2.05, 4.69) is 0 Å². The highest BCUT2D eigenvalue weighted by Crippen LogP contribution is 2.57. The Morgan fingerprint density at radius 2 is 1.08 bits per heavy atom. The highest BCUT2D eigenvalue weighted by atomic mass is 35.5. The van der Waals surface area contributed by atoms with Crippen LogP contribution in [-0.2, 0) is 4.74 Å². The molecule has 0 radical (unpaired) electrons. The number of alkyl halides is 4. The summed E-state index contributed by atoms with van der Waals surface area (Å²) in [4.78, 5) is 0. The third-order valence-corrected chi connectivity index (χ3v) is 8.65. The van der Waals surface area contributed by atoms with E-state index in [1.807, 2.05) is 0 Å². The van der Waals surface area contributed by atoms with Crippen LogP contribution in [-0.4, -0.2) is 34.3 Å². The van der Waals surface area contributed by atoms with Crippen molar-refractivity contribution in [2.24, 2.45) is 11.8 Å². The molecular weight excluding hydrogens is 365 g/mol. The first-order valence-corrected chi connectivity index (χ1v) is 11.1. The molecule has 0 aliphatic heterocycles. The Hall–Kier alpha value is 0.400. The molecule has 4 rings (SSSR count).